The maximum atomic E-state index is 5.51. The summed E-state index contributed by atoms with van der Waals surface area (Å²) in [5.41, 5.74) is 17.6. The van der Waals surface area contributed by atoms with Crippen LogP contribution in [0.25, 0.3) is 83.3 Å². The van der Waals surface area contributed by atoms with Crippen LogP contribution < -0.4 is 4.90 Å². The van der Waals surface area contributed by atoms with Crippen molar-refractivity contribution in [3.05, 3.63) is 249 Å². The van der Waals surface area contributed by atoms with Crippen LogP contribution in [0.2, 0.25) is 0 Å². The van der Waals surface area contributed by atoms with Crippen LogP contribution in [0.3, 0.4) is 0 Å². The van der Waals surface area contributed by atoms with E-state index in [1.165, 1.54) is 11.1 Å². The molecule has 0 bridgehead atoms. The molecule has 0 N–H and O–H groups in total. The minimum absolute atomic E-state index is 0.948. The number of hydrogen-bond acceptors (Lipinski definition) is 2. The summed E-state index contributed by atoms with van der Waals surface area (Å²) in [7, 11) is 0. The zero-order chi connectivity index (χ0) is 41.2. The van der Waals surface area contributed by atoms with Crippen LogP contribution in [0.1, 0.15) is 0 Å². The molecule has 11 rings (SSSR count). The molecule has 0 aliphatic rings. The Morgan fingerprint density at radius 2 is 0.758 bits per heavy atom. The van der Waals surface area contributed by atoms with Crippen molar-refractivity contribution < 1.29 is 0 Å². The molecule has 62 heavy (non-hydrogen) atoms. The minimum atomic E-state index is 0.948. The molecule has 11 aromatic rings. The first-order valence-electron chi connectivity index (χ1n) is 21.1. The van der Waals surface area contributed by atoms with Gasteiger partial charge >= 0.3 is 0 Å². The van der Waals surface area contributed by atoms with E-state index in [1.54, 1.807) is 0 Å². The maximum absolute atomic E-state index is 5.51. The van der Waals surface area contributed by atoms with Crippen LogP contribution in [0, 0.1) is 0 Å². The Kier molecular flexibility index (Phi) is 9.53. The highest BCUT2D eigenvalue weighted by atomic mass is 15.2. The summed E-state index contributed by atoms with van der Waals surface area (Å²) in [5, 5.41) is 7.74. The standard InChI is InChI=1S/C59H41N3/c1-7-20-42(21-8-1)45-34-36-51(37-35-45)61(52-39-49(43-22-9-2-10-23-43)38-50(40-52)44-24-11-3-12-25-44)55-33-19-32-53-54(55)41-56(46-26-13-4-14-27-46)62-59(53)57(47-28-15-5-16-29-47)58(60-62)48-30-17-6-18-31-48/h1-41H. The highest BCUT2D eigenvalue weighted by Gasteiger charge is 2.25. The number of rotatable bonds is 9. The van der Waals surface area contributed by atoms with Crippen LogP contribution in [-0.4, -0.2) is 9.61 Å². The van der Waals surface area contributed by atoms with Gasteiger partial charge in [-0.3, -0.25) is 0 Å². The van der Waals surface area contributed by atoms with Crippen molar-refractivity contribution in [2.45, 2.75) is 0 Å². The first kappa shape index (κ1) is 36.8. The molecule has 2 aromatic heterocycles. The monoisotopic (exact) mass is 791 g/mol. The van der Waals surface area contributed by atoms with Gasteiger partial charge in [-0.1, -0.05) is 206 Å². The average molecular weight is 792 g/mol. The normalized spacial score (nSPS) is 11.2. The molecule has 9 aromatic carbocycles. The van der Waals surface area contributed by atoms with Gasteiger partial charge in [0.2, 0.25) is 0 Å². The summed E-state index contributed by atoms with van der Waals surface area (Å²) in [4.78, 5) is 2.44. The molecule has 292 valence electrons. The van der Waals surface area contributed by atoms with Crippen molar-refractivity contribution in [3.63, 3.8) is 0 Å². The summed E-state index contributed by atoms with van der Waals surface area (Å²) in [6, 6.07) is 89.0. The second kappa shape index (κ2) is 16.1. The molecule has 0 aliphatic carbocycles. The lowest BCUT2D eigenvalue weighted by Crippen LogP contribution is -2.11. The van der Waals surface area contributed by atoms with Crippen LogP contribution in [0.15, 0.2) is 249 Å². The molecular formula is C59H41N3. The fraction of sp³-hybridized carbons (Fsp3) is 0. The van der Waals surface area contributed by atoms with Crippen molar-refractivity contribution in [3.8, 4) is 67.0 Å². The van der Waals surface area contributed by atoms with Crippen LogP contribution in [-0.2, 0) is 0 Å². The zero-order valence-corrected chi connectivity index (χ0v) is 34.0. The molecule has 0 saturated carbocycles. The van der Waals surface area contributed by atoms with Crippen molar-refractivity contribution in [1.82, 2.24) is 9.61 Å². The summed E-state index contributed by atoms with van der Waals surface area (Å²) in [6.07, 6.45) is 0. The smallest absolute Gasteiger partial charge is 0.101 e. The number of benzene rings is 9. The summed E-state index contributed by atoms with van der Waals surface area (Å²) < 4.78 is 2.18. The molecule has 0 fully saturated rings. The van der Waals surface area contributed by atoms with Crippen molar-refractivity contribution in [2.24, 2.45) is 0 Å². The Bertz CT molecular complexity index is 3230. The molecule has 3 nitrogen and oxygen atoms in total. The molecule has 2 heterocycles. The number of anilines is 3. The van der Waals surface area contributed by atoms with Crippen LogP contribution in [0.5, 0.6) is 0 Å². The van der Waals surface area contributed by atoms with Gasteiger partial charge in [-0.25, -0.2) is 4.52 Å². The molecule has 3 heteroatoms. The van der Waals surface area contributed by atoms with Crippen molar-refractivity contribution >= 4 is 33.4 Å². The van der Waals surface area contributed by atoms with Gasteiger partial charge in [-0.05, 0) is 81.4 Å². The highest BCUT2D eigenvalue weighted by molar-refractivity contribution is 6.13. The number of aromatic nitrogens is 2. The molecule has 0 unspecified atom stereocenters. The SMILES string of the molecule is c1ccc(-c2ccc(N(c3cc(-c4ccccc4)cc(-c4ccccc4)c3)c3cccc4c3cc(-c3ccccc3)n3nc(-c5ccccc5)c(-c5ccccc5)c43)cc2)cc1. The van der Waals surface area contributed by atoms with Crippen LogP contribution in [0.4, 0.5) is 17.1 Å². The third-order valence-electron chi connectivity index (χ3n) is 11.8. The van der Waals surface area contributed by atoms with Gasteiger partial charge in [0, 0.05) is 38.8 Å². The fourth-order valence-corrected chi connectivity index (χ4v) is 8.83. The van der Waals surface area contributed by atoms with Gasteiger partial charge in [0.05, 0.1) is 16.9 Å². The van der Waals surface area contributed by atoms with Gasteiger partial charge < -0.3 is 4.90 Å². The van der Waals surface area contributed by atoms with E-state index in [0.717, 1.165) is 89.2 Å². The molecule has 0 aliphatic heterocycles. The largest absolute Gasteiger partial charge is 0.310 e. The zero-order valence-electron chi connectivity index (χ0n) is 34.0. The van der Waals surface area contributed by atoms with Gasteiger partial charge in [-0.2, -0.15) is 5.10 Å². The topological polar surface area (TPSA) is 20.5 Å². The van der Waals surface area contributed by atoms with Crippen molar-refractivity contribution in [2.75, 3.05) is 4.90 Å². The Morgan fingerprint density at radius 3 is 1.29 bits per heavy atom. The Balaban J connectivity index is 1.24. The predicted octanol–water partition coefficient (Wildman–Crippen LogP) is 16.0. The Morgan fingerprint density at radius 1 is 0.306 bits per heavy atom. The first-order valence-corrected chi connectivity index (χ1v) is 21.1. The molecule has 0 saturated heterocycles. The Hall–Kier alpha value is -8.27. The second-order valence-electron chi connectivity index (χ2n) is 15.6. The van der Waals surface area contributed by atoms with E-state index >= 15 is 0 Å². The minimum Gasteiger partial charge on any atom is -0.310 e. The summed E-state index contributed by atoms with van der Waals surface area (Å²) in [5.74, 6) is 0. The number of nitrogens with zero attached hydrogens (tertiary/aromatic N) is 3. The molecule has 0 atom stereocenters. The molecule has 0 amide bonds. The summed E-state index contributed by atoms with van der Waals surface area (Å²) in [6.45, 7) is 0. The average Bonchev–Trinajstić information content (AvgIpc) is 3.77. The Labute approximate surface area is 362 Å². The highest BCUT2D eigenvalue weighted by Crippen LogP contribution is 2.47. The van der Waals surface area contributed by atoms with Gasteiger partial charge in [-0.15, -0.1) is 0 Å². The van der Waals surface area contributed by atoms with Crippen molar-refractivity contribution in [1.29, 1.82) is 0 Å². The van der Waals surface area contributed by atoms with Crippen LogP contribution >= 0.6 is 0 Å². The third-order valence-corrected chi connectivity index (χ3v) is 11.8. The van der Waals surface area contributed by atoms with E-state index < -0.39 is 0 Å². The van der Waals surface area contributed by atoms with E-state index in [-0.39, 0.29) is 0 Å². The predicted molar refractivity (Wildman–Crippen MR) is 260 cm³/mol. The number of fused-ring (bicyclic) bond motifs is 3. The van der Waals surface area contributed by atoms with E-state index in [1.807, 2.05) is 0 Å². The van der Waals surface area contributed by atoms with Gasteiger partial charge in [0.25, 0.3) is 0 Å². The summed E-state index contributed by atoms with van der Waals surface area (Å²) >= 11 is 0. The maximum Gasteiger partial charge on any atom is 0.101 e. The quantitative estimate of drug-likeness (QED) is 0.145. The second-order valence-corrected chi connectivity index (χ2v) is 15.6. The lowest BCUT2D eigenvalue weighted by molar-refractivity contribution is 0.979. The van der Waals surface area contributed by atoms with Gasteiger partial charge in [0.1, 0.15) is 5.69 Å². The lowest BCUT2D eigenvalue weighted by atomic mass is 9.95. The third kappa shape index (κ3) is 6.82. The molecular weight excluding hydrogens is 751 g/mol. The van der Waals surface area contributed by atoms with E-state index in [9.17, 15) is 0 Å². The van der Waals surface area contributed by atoms with Gasteiger partial charge in [0.15, 0.2) is 0 Å². The fourth-order valence-electron chi connectivity index (χ4n) is 8.83. The number of pyridine rings is 1. The lowest BCUT2D eigenvalue weighted by Gasteiger charge is -2.29. The first-order chi connectivity index (χ1) is 30.8. The van der Waals surface area contributed by atoms with E-state index in [0.29, 0.717) is 0 Å². The van der Waals surface area contributed by atoms with E-state index in [4.69, 9.17) is 5.10 Å². The molecule has 0 radical (unpaired) electrons. The molecule has 0 spiro atoms. The number of hydrogen-bond donors (Lipinski definition) is 0. The van der Waals surface area contributed by atoms with E-state index in [2.05, 4.69) is 258 Å².